The summed E-state index contributed by atoms with van der Waals surface area (Å²) in [6.07, 6.45) is 1.34. The van der Waals surface area contributed by atoms with Gasteiger partial charge in [-0.2, -0.15) is 0 Å². The summed E-state index contributed by atoms with van der Waals surface area (Å²) in [7, 11) is 0. The van der Waals surface area contributed by atoms with Gasteiger partial charge in [-0.25, -0.2) is 0 Å². The molecule has 1 atom stereocenters. The van der Waals surface area contributed by atoms with Crippen molar-refractivity contribution >= 4 is 17.2 Å². The third-order valence-corrected chi connectivity index (χ3v) is 3.27. The van der Waals surface area contributed by atoms with Crippen molar-refractivity contribution in [1.82, 2.24) is 0 Å². The molecule has 0 aromatic heterocycles. The van der Waals surface area contributed by atoms with Crippen molar-refractivity contribution in [2.75, 3.05) is 0 Å². The first kappa shape index (κ1) is 10.6. The van der Waals surface area contributed by atoms with Gasteiger partial charge >= 0.3 is 0 Å². The van der Waals surface area contributed by atoms with E-state index in [1.807, 2.05) is 54.6 Å². The highest BCUT2D eigenvalue weighted by atomic mass is 35.5. The van der Waals surface area contributed by atoms with Crippen molar-refractivity contribution in [3.63, 3.8) is 0 Å². The molecule has 3 rings (SSSR count). The molecule has 1 N–H and O–H groups in total. The predicted octanol–water partition coefficient (Wildman–Crippen LogP) is 3.82. The van der Waals surface area contributed by atoms with Crippen LogP contribution in [0.2, 0.25) is 5.02 Å². The third kappa shape index (κ3) is 1.78. The maximum atomic E-state index is 9.98. The number of benzene rings is 2. The minimum Gasteiger partial charge on any atom is -0.384 e. The van der Waals surface area contributed by atoms with Gasteiger partial charge in [-0.15, -0.1) is 0 Å². The van der Waals surface area contributed by atoms with Gasteiger partial charge in [-0.3, -0.25) is 0 Å². The molecule has 0 spiro atoms. The van der Waals surface area contributed by atoms with Crippen LogP contribution in [-0.4, -0.2) is 5.11 Å². The monoisotopic (exact) mass is 242 g/mol. The predicted molar refractivity (Wildman–Crippen MR) is 69.9 cm³/mol. The lowest BCUT2D eigenvalue weighted by atomic mass is 9.99. The van der Waals surface area contributed by atoms with Crippen molar-refractivity contribution < 1.29 is 5.11 Å². The summed E-state index contributed by atoms with van der Waals surface area (Å²) in [5.74, 6) is 0. The molecule has 1 unspecified atom stereocenters. The van der Waals surface area contributed by atoms with Gasteiger partial charge in [0.05, 0.1) is 6.10 Å². The minimum atomic E-state index is -0.530. The van der Waals surface area contributed by atoms with Crippen LogP contribution in [0.15, 0.2) is 54.6 Å². The SMILES string of the molecule is OC1C=C(c2ccccc2)c2cc(Cl)ccc21. The van der Waals surface area contributed by atoms with E-state index < -0.39 is 6.10 Å². The molecular formula is C15H11ClO. The standard InChI is InChI=1S/C15H11ClO/c16-11-6-7-12-14(8-11)13(9-15(12)17)10-4-2-1-3-5-10/h1-9,15,17H. The number of aliphatic hydroxyl groups excluding tert-OH is 1. The van der Waals surface area contributed by atoms with Crippen molar-refractivity contribution in [2.45, 2.75) is 6.10 Å². The molecule has 1 nitrogen and oxygen atoms in total. The second-order valence-electron chi connectivity index (χ2n) is 4.12. The molecule has 1 aliphatic rings. The molecule has 0 saturated heterocycles. The zero-order chi connectivity index (χ0) is 11.8. The van der Waals surface area contributed by atoms with Gasteiger partial charge in [0.1, 0.15) is 0 Å². The van der Waals surface area contributed by atoms with Gasteiger partial charge in [0, 0.05) is 5.02 Å². The quantitative estimate of drug-likeness (QED) is 0.806. The molecule has 2 aromatic carbocycles. The number of hydrogen-bond acceptors (Lipinski definition) is 1. The molecule has 0 radical (unpaired) electrons. The Balaban J connectivity index is 2.17. The summed E-state index contributed by atoms with van der Waals surface area (Å²) < 4.78 is 0. The lowest BCUT2D eigenvalue weighted by Gasteiger charge is -2.07. The maximum Gasteiger partial charge on any atom is 0.0987 e. The van der Waals surface area contributed by atoms with Crippen molar-refractivity contribution in [3.8, 4) is 0 Å². The lowest BCUT2D eigenvalue weighted by molar-refractivity contribution is 0.232. The first-order chi connectivity index (χ1) is 8.25. The fraction of sp³-hybridized carbons (Fsp3) is 0.0667. The Bertz CT molecular complexity index is 587. The number of hydrogen-bond donors (Lipinski definition) is 1. The average Bonchev–Trinajstić information content (AvgIpc) is 2.67. The van der Waals surface area contributed by atoms with E-state index in [-0.39, 0.29) is 0 Å². The molecule has 84 valence electrons. The lowest BCUT2D eigenvalue weighted by Crippen LogP contribution is -1.90. The van der Waals surface area contributed by atoms with Gasteiger partial charge < -0.3 is 5.11 Å². The molecule has 0 fully saturated rings. The fourth-order valence-corrected chi connectivity index (χ4v) is 2.40. The van der Waals surface area contributed by atoms with Gasteiger partial charge in [0.2, 0.25) is 0 Å². The topological polar surface area (TPSA) is 20.2 Å². The van der Waals surface area contributed by atoms with Crippen LogP contribution in [0.4, 0.5) is 0 Å². The molecule has 0 saturated carbocycles. The fourth-order valence-electron chi connectivity index (χ4n) is 2.23. The highest BCUT2D eigenvalue weighted by Crippen LogP contribution is 2.39. The Morgan fingerprint density at radius 3 is 2.53 bits per heavy atom. The minimum absolute atomic E-state index is 0.530. The molecule has 0 bridgehead atoms. The summed E-state index contributed by atoms with van der Waals surface area (Å²) in [5.41, 5.74) is 4.10. The van der Waals surface area contributed by atoms with Crippen LogP contribution in [0.5, 0.6) is 0 Å². The Hall–Kier alpha value is -1.57. The van der Waals surface area contributed by atoms with Crippen LogP contribution in [0, 0.1) is 0 Å². The van der Waals surface area contributed by atoms with Crippen LogP contribution in [0.25, 0.3) is 5.57 Å². The normalized spacial score (nSPS) is 17.8. The number of aliphatic hydroxyl groups is 1. The Kier molecular flexibility index (Phi) is 2.50. The van der Waals surface area contributed by atoms with Crippen molar-refractivity contribution in [2.24, 2.45) is 0 Å². The van der Waals surface area contributed by atoms with Crippen LogP contribution >= 0.6 is 11.6 Å². The zero-order valence-electron chi connectivity index (χ0n) is 9.10. The number of halogens is 1. The molecule has 2 heteroatoms. The van der Waals surface area contributed by atoms with E-state index in [2.05, 4.69) is 0 Å². The van der Waals surface area contributed by atoms with Gasteiger partial charge in [0.15, 0.2) is 0 Å². The van der Waals surface area contributed by atoms with Gasteiger partial charge in [-0.05, 0) is 40.5 Å². The Morgan fingerprint density at radius 2 is 1.76 bits per heavy atom. The molecule has 1 aliphatic carbocycles. The third-order valence-electron chi connectivity index (χ3n) is 3.03. The first-order valence-electron chi connectivity index (χ1n) is 5.51. The van der Waals surface area contributed by atoms with E-state index in [1.54, 1.807) is 0 Å². The van der Waals surface area contributed by atoms with E-state index in [9.17, 15) is 5.11 Å². The second-order valence-corrected chi connectivity index (χ2v) is 4.56. The highest BCUT2D eigenvalue weighted by molar-refractivity contribution is 6.30. The van der Waals surface area contributed by atoms with Crippen LogP contribution in [-0.2, 0) is 0 Å². The number of rotatable bonds is 1. The molecular weight excluding hydrogens is 232 g/mol. The van der Waals surface area contributed by atoms with E-state index in [0.29, 0.717) is 5.02 Å². The van der Waals surface area contributed by atoms with Gasteiger partial charge in [0.25, 0.3) is 0 Å². The van der Waals surface area contributed by atoms with E-state index in [0.717, 1.165) is 22.3 Å². The summed E-state index contributed by atoms with van der Waals surface area (Å²) in [4.78, 5) is 0. The second kappa shape index (κ2) is 4.02. The average molecular weight is 243 g/mol. The highest BCUT2D eigenvalue weighted by Gasteiger charge is 2.22. The van der Waals surface area contributed by atoms with Crippen molar-refractivity contribution in [1.29, 1.82) is 0 Å². The summed E-state index contributed by atoms with van der Waals surface area (Å²) in [6, 6.07) is 15.6. The maximum absolute atomic E-state index is 9.98. The first-order valence-corrected chi connectivity index (χ1v) is 5.88. The van der Waals surface area contributed by atoms with E-state index >= 15 is 0 Å². The van der Waals surface area contributed by atoms with E-state index in [1.165, 1.54) is 0 Å². The molecule has 0 aliphatic heterocycles. The van der Waals surface area contributed by atoms with Gasteiger partial charge in [-0.1, -0.05) is 48.0 Å². The molecule has 0 heterocycles. The summed E-state index contributed by atoms with van der Waals surface area (Å²) >= 11 is 6.01. The summed E-state index contributed by atoms with van der Waals surface area (Å²) in [5, 5.41) is 10.7. The molecule has 17 heavy (non-hydrogen) atoms. The Labute approximate surface area is 105 Å². The van der Waals surface area contributed by atoms with E-state index in [4.69, 9.17) is 11.6 Å². The number of fused-ring (bicyclic) bond motifs is 1. The summed E-state index contributed by atoms with van der Waals surface area (Å²) in [6.45, 7) is 0. The zero-order valence-corrected chi connectivity index (χ0v) is 9.85. The van der Waals surface area contributed by atoms with Crippen LogP contribution in [0.3, 0.4) is 0 Å². The Morgan fingerprint density at radius 1 is 1.00 bits per heavy atom. The van der Waals surface area contributed by atoms with Crippen LogP contribution in [0.1, 0.15) is 22.8 Å². The van der Waals surface area contributed by atoms with Crippen LogP contribution < -0.4 is 0 Å². The smallest absolute Gasteiger partial charge is 0.0987 e. The largest absolute Gasteiger partial charge is 0.384 e. The molecule has 0 amide bonds. The molecule has 2 aromatic rings. The van der Waals surface area contributed by atoms with Crippen molar-refractivity contribution in [3.05, 3.63) is 76.3 Å².